The highest BCUT2D eigenvalue weighted by Crippen LogP contribution is 2.38. The van der Waals surface area contributed by atoms with E-state index in [1.54, 1.807) is 6.07 Å². The zero-order chi connectivity index (χ0) is 14.3. The molecule has 0 saturated carbocycles. The minimum Gasteiger partial charge on any atom is -0.478 e. The first-order valence-corrected chi connectivity index (χ1v) is 6.02. The number of aromatic carboxylic acids is 1. The lowest BCUT2D eigenvalue weighted by molar-refractivity contribution is 0.0691. The summed E-state index contributed by atoms with van der Waals surface area (Å²) >= 11 is 0. The molecule has 20 heavy (non-hydrogen) atoms. The van der Waals surface area contributed by atoms with Gasteiger partial charge in [0.1, 0.15) is 11.5 Å². The highest BCUT2D eigenvalue weighted by atomic mass is 16.5. The van der Waals surface area contributed by atoms with Crippen molar-refractivity contribution in [1.29, 1.82) is 0 Å². The molecule has 0 spiro atoms. The Hall–Kier alpha value is -2.82. The summed E-state index contributed by atoms with van der Waals surface area (Å²) in [6.45, 7) is 0. The van der Waals surface area contributed by atoms with E-state index in [9.17, 15) is 9.59 Å². The third-order valence-electron chi connectivity index (χ3n) is 3.31. The number of hydrogen-bond donors (Lipinski definition) is 2. The maximum absolute atomic E-state index is 11.6. The number of rotatable bonds is 2. The van der Waals surface area contributed by atoms with Crippen molar-refractivity contribution in [2.24, 2.45) is 5.73 Å². The highest BCUT2D eigenvalue weighted by Gasteiger charge is 2.26. The zero-order valence-electron chi connectivity index (χ0n) is 10.4. The molecule has 1 aliphatic rings. The molecular weight excluding hydrogens is 258 g/mol. The maximum atomic E-state index is 11.6. The van der Waals surface area contributed by atoms with E-state index in [-0.39, 0.29) is 11.1 Å². The van der Waals surface area contributed by atoms with Crippen molar-refractivity contribution >= 4 is 11.9 Å². The average molecular weight is 269 g/mol. The number of hydrogen-bond acceptors (Lipinski definition) is 3. The Morgan fingerprint density at radius 3 is 2.55 bits per heavy atom. The van der Waals surface area contributed by atoms with Gasteiger partial charge in [-0.1, -0.05) is 18.2 Å². The molecular formula is C15H11NO4. The number of ether oxygens (including phenoxy) is 1. The van der Waals surface area contributed by atoms with E-state index in [2.05, 4.69) is 0 Å². The van der Waals surface area contributed by atoms with Gasteiger partial charge in [0.2, 0.25) is 5.91 Å². The van der Waals surface area contributed by atoms with Gasteiger partial charge in [-0.05, 0) is 23.8 Å². The lowest BCUT2D eigenvalue weighted by Gasteiger charge is -2.22. The molecule has 1 heterocycles. The van der Waals surface area contributed by atoms with Crippen LogP contribution < -0.4 is 10.5 Å². The first-order chi connectivity index (χ1) is 9.58. The van der Waals surface area contributed by atoms with Crippen LogP contribution in [-0.4, -0.2) is 17.0 Å². The maximum Gasteiger partial charge on any atom is 0.336 e. The number of amides is 1. The summed E-state index contributed by atoms with van der Waals surface area (Å²) < 4.78 is 5.70. The molecule has 0 unspecified atom stereocenters. The van der Waals surface area contributed by atoms with E-state index in [1.165, 1.54) is 6.07 Å². The molecule has 3 N–H and O–H groups in total. The Morgan fingerprint density at radius 1 is 1.10 bits per heavy atom. The molecule has 5 nitrogen and oxygen atoms in total. The summed E-state index contributed by atoms with van der Waals surface area (Å²) in [5, 5.41) is 9.16. The summed E-state index contributed by atoms with van der Waals surface area (Å²) in [6.07, 6.45) is 0.422. The van der Waals surface area contributed by atoms with Crippen LogP contribution in [0.2, 0.25) is 0 Å². The Kier molecular flexibility index (Phi) is 2.68. The number of carbonyl (C=O) groups excluding carboxylic acids is 1. The first kappa shape index (κ1) is 12.2. The number of fused-ring (bicyclic) bond motifs is 2. The minimum absolute atomic E-state index is 0.0181. The third kappa shape index (κ3) is 1.80. The number of primary amides is 1. The summed E-state index contributed by atoms with van der Waals surface area (Å²) in [7, 11) is 0. The quantitative estimate of drug-likeness (QED) is 0.746. The second kappa shape index (κ2) is 4.38. The van der Waals surface area contributed by atoms with Crippen LogP contribution in [0.15, 0.2) is 36.4 Å². The van der Waals surface area contributed by atoms with Gasteiger partial charge >= 0.3 is 5.97 Å². The van der Waals surface area contributed by atoms with E-state index in [4.69, 9.17) is 15.6 Å². The van der Waals surface area contributed by atoms with Crippen molar-refractivity contribution in [2.75, 3.05) is 0 Å². The van der Waals surface area contributed by atoms with E-state index in [0.717, 1.165) is 5.56 Å². The van der Waals surface area contributed by atoms with Gasteiger partial charge in [-0.25, -0.2) is 4.79 Å². The highest BCUT2D eigenvalue weighted by molar-refractivity contribution is 6.06. The van der Waals surface area contributed by atoms with Gasteiger partial charge < -0.3 is 15.6 Å². The van der Waals surface area contributed by atoms with Crippen LogP contribution in [0.4, 0.5) is 0 Å². The molecule has 3 rings (SSSR count). The summed E-state index contributed by atoms with van der Waals surface area (Å²) in [6, 6.07) is 10.3. The van der Waals surface area contributed by atoms with E-state index < -0.39 is 11.9 Å². The number of benzene rings is 2. The lowest BCUT2D eigenvalue weighted by Crippen LogP contribution is -2.20. The van der Waals surface area contributed by atoms with Gasteiger partial charge in [-0.2, -0.15) is 0 Å². The average Bonchev–Trinajstić information content (AvgIpc) is 2.43. The number of carboxylic acids is 1. The van der Waals surface area contributed by atoms with Crippen molar-refractivity contribution < 1.29 is 19.4 Å². The fourth-order valence-corrected chi connectivity index (χ4v) is 2.42. The Labute approximate surface area is 114 Å². The molecule has 100 valence electrons. The van der Waals surface area contributed by atoms with E-state index >= 15 is 0 Å². The normalized spacial score (nSPS) is 12.0. The monoisotopic (exact) mass is 269 g/mol. The number of para-hydroxylation sites is 1. The molecule has 0 aliphatic carbocycles. The Balaban J connectivity index is 2.21. The molecule has 2 aromatic rings. The molecule has 0 saturated heterocycles. The molecule has 0 radical (unpaired) electrons. The largest absolute Gasteiger partial charge is 0.478 e. The topological polar surface area (TPSA) is 89.6 Å². The van der Waals surface area contributed by atoms with Crippen LogP contribution in [0.25, 0.3) is 0 Å². The van der Waals surface area contributed by atoms with Crippen molar-refractivity contribution in [3.63, 3.8) is 0 Å². The second-order valence-electron chi connectivity index (χ2n) is 4.52. The number of nitrogens with two attached hydrogens (primary N) is 1. The standard InChI is InChI=1S/C15H11NO4/c16-14(17)13-9(15(18)19)5-6-12-10(13)7-8-3-1-2-4-11(8)20-12/h1-6H,7H2,(H2,16,17)(H,18,19). The molecule has 0 fully saturated rings. The van der Waals surface area contributed by atoms with Gasteiger partial charge in [0.15, 0.2) is 0 Å². The van der Waals surface area contributed by atoms with Crippen molar-refractivity contribution in [1.82, 2.24) is 0 Å². The molecule has 1 aliphatic heterocycles. The molecule has 5 heteroatoms. The summed E-state index contributed by atoms with van der Waals surface area (Å²) in [5.74, 6) is -0.760. The Morgan fingerprint density at radius 2 is 1.85 bits per heavy atom. The van der Waals surface area contributed by atoms with Crippen LogP contribution in [0.1, 0.15) is 31.8 Å². The van der Waals surface area contributed by atoms with Crippen LogP contribution in [0, 0.1) is 0 Å². The summed E-state index contributed by atoms with van der Waals surface area (Å²) in [5.41, 5.74) is 6.68. The van der Waals surface area contributed by atoms with Gasteiger partial charge in [0.05, 0.1) is 11.1 Å². The molecule has 2 aromatic carbocycles. The molecule has 1 amide bonds. The number of carboxylic acid groups (broad SMARTS) is 1. The van der Waals surface area contributed by atoms with Crippen LogP contribution in [0.5, 0.6) is 11.5 Å². The molecule has 0 bridgehead atoms. The van der Waals surface area contributed by atoms with Crippen molar-refractivity contribution in [2.45, 2.75) is 6.42 Å². The predicted molar refractivity (Wildman–Crippen MR) is 71.2 cm³/mol. The van der Waals surface area contributed by atoms with Gasteiger partial charge in [0.25, 0.3) is 0 Å². The van der Waals surface area contributed by atoms with Gasteiger partial charge in [-0.3, -0.25) is 4.79 Å². The second-order valence-corrected chi connectivity index (χ2v) is 4.52. The van der Waals surface area contributed by atoms with Crippen LogP contribution in [-0.2, 0) is 6.42 Å². The smallest absolute Gasteiger partial charge is 0.336 e. The SMILES string of the molecule is NC(=O)c1c(C(=O)O)ccc2c1Cc1ccccc1O2. The van der Waals surface area contributed by atoms with Gasteiger partial charge in [-0.15, -0.1) is 0 Å². The predicted octanol–water partition coefficient (Wildman–Crippen LogP) is 2.18. The third-order valence-corrected chi connectivity index (χ3v) is 3.31. The fourth-order valence-electron chi connectivity index (χ4n) is 2.42. The van der Waals surface area contributed by atoms with Crippen molar-refractivity contribution in [3.8, 4) is 11.5 Å². The lowest BCUT2D eigenvalue weighted by atomic mass is 9.92. The zero-order valence-corrected chi connectivity index (χ0v) is 10.4. The van der Waals surface area contributed by atoms with Gasteiger partial charge in [0, 0.05) is 12.0 Å². The fraction of sp³-hybridized carbons (Fsp3) is 0.0667. The van der Waals surface area contributed by atoms with Crippen molar-refractivity contribution in [3.05, 3.63) is 58.7 Å². The molecule has 0 atom stereocenters. The van der Waals surface area contributed by atoms with E-state index in [1.807, 2.05) is 24.3 Å². The number of carbonyl (C=O) groups is 2. The molecule has 0 aromatic heterocycles. The minimum atomic E-state index is -1.18. The van der Waals surface area contributed by atoms with E-state index in [0.29, 0.717) is 23.5 Å². The van der Waals surface area contributed by atoms with Crippen LogP contribution >= 0.6 is 0 Å². The van der Waals surface area contributed by atoms with Crippen LogP contribution in [0.3, 0.4) is 0 Å². The Bertz CT molecular complexity index is 737. The first-order valence-electron chi connectivity index (χ1n) is 6.02. The summed E-state index contributed by atoms with van der Waals surface area (Å²) in [4.78, 5) is 22.8.